The zero-order valence-electron chi connectivity index (χ0n) is 10.8. The number of aliphatic hydroxyl groups excluding tert-OH is 1. The molecule has 102 valence electrons. The Morgan fingerprint density at radius 1 is 1.37 bits per heavy atom. The van der Waals surface area contributed by atoms with Crippen LogP contribution >= 0.6 is 23.8 Å². The monoisotopic (exact) mass is 297 g/mol. The third-order valence-corrected chi connectivity index (χ3v) is 4.46. The Balaban J connectivity index is 2.12. The Morgan fingerprint density at radius 3 is 2.42 bits per heavy atom. The van der Waals surface area contributed by atoms with Gasteiger partial charge >= 0.3 is 0 Å². The molecular weight excluding hydrogens is 282 g/mol. The highest BCUT2D eigenvalue weighted by Crippen LogP contribution is 2.28. The predicted molar refractivity (Wildman–Crippen MR) is 79.4 cm³/mol. The molecule has 0 bridgehead atoms. The Kier molecular flexibility index (Phi) is 4.23. The topological polar surface area (TPSA) is 49.3 Å². The number of amides is 1. The van der Waals surface area contributed by atoms with Crippen molar-refractivity contribution >= 4 is 34.6 Å². The van der Waals surface area contributed by atoms with E-state index in [1.54, 1.807) is 19.1 Å². The molecule has 4 atom stereocenters. The van der Waals surface area contributed by atoms with Crippen molar-refractivity contribution in [1.29, 1.82) is 0 Å². The number of carbonyl (C=O) groups excluding carboxylic acids is 1. The Hall–Kier alpha value is -0.970. The summed E-state index contributed by atoms with van der Waals surface area (Å²) < 4.78 is 0. The second-order valence-corrected chi connectivity index (χ2v) is 5.84. The van der Waals surface area contributed by atoms with Crippen molar-refractivity contribution in [3.63, 3.8) is 0 Å². The van der Waals surface area contributed by atoms with Gasteiger partial charge in [0.1, 0.15) is 0 Å². The predicted octanol–water partition coefficient (Wildman–Crippen LogP) is 2.19. The molecule has 0 aromatic heterocycles. The fourth-order valence-corrected chi connectivity index (χ4v) is 2.82. The average molecular weight is 298 g/mol. The summed E-state index contributed by atoms with van der Waals surface area (Å²) in [6.07, 6.45) is -0.658. The van der Waals surface area contributed by atoms with Gasteiger partial charge in [-0.2, -0.15) is 0 Å². The molecule has 1 amide bonds. The van der Waals surface area contributed by atoms with Gasteiger partial charge in [-0.15, -0.1) is 0 Å². The highest BCUT2D eigenvalue weighted by Gasteiger charge is 2.46. The lowest BCUT2D eigenvalue weighted by Gasteiger charge is -2.42. The lowest BCUT2D eigenvalue weighted by atomic mass is 9.77. The lowest BCUT2D eigenvalue weighted by molar-refractivity contribution is -0.141. The van der Waals surface area contributed by atoms with Crippen molar-refractivity contribution in [3.8, 4) is 0 Å². The molecule has 0 unspecified atom stereocenters. The van der Waals surface area contributed by atoms with E-state index in [1.165, 1.54) is 0 Å². The summed E-state index contributed by atoms with van der Waals surface area (Å²) in [5, 5.41) is 13.1. The third kappa shape index (κ3) is 2.81. The minimum absolute atomic E-state index is 0.00604. The van der Waals surface area contributed by atoms with Crippen LogP contribution in [0.5, 0.6) is 0 Å². The van der Waals surface area contributed by atoms with Gasteiger partial charge in [0, 0.05) is 15.8 Å². The number of rotatable bonds is 4. The number of hydrogen-bond donors (Lipinski definition) is 2. The van der Waals surface area contributed by atoms with Gasteiger partial charge in [-0.3, -0.25) is 4.79 Å². The Morgan fingerprint density at radius 2 is 1.95 bits per heavy atom. The minimum Gasteiger partial charge on any atom is -0.393 e. The van der Waals surface area contributed by atoms with Crippen LogP contribution in [-0.2, 0) is 4.79 Å². The van der Waals surface area contributed by atoms with Gasteiger partial charge in [-0.1, -0.05) is 42.9 Å². The highest BCUT2D eigenvalue weighted by molar-refractivity contribution is 7.80. The number of halogens is 1. The molecule has 1 heterocycles. The number of carbonyl (C=O) groups is 1. The maximum Gasteiger partial charge on any atom is 0.228 e. The van der Waals surface area contributed by atoms with E-state index in [9.17, 15) is 9.90 Å². The van der Waals surface area contributed by atoms with Gasteiger partial charge in [0.25, 0.3) is 0 Å². The average Bonchev–Trinajstić information content (AvgIpc) is 2.34. The van der Waals surface area contributed by atoms with Crippen LogP contribution < -0.4 is 5.32 Å². The summed E-state index contributed by atoms with van der Waals surface area (Å²) in [6, 6.07) is 7.23. The van der Waals surface area contributed by atoms with Crippen LogP contribution in [-0.4, -0.2) is 28.0 Å². The quantitative estimate of drug-likeness (QED) is 0.509. The minimum atomic E-state index is -0.658. The maximum absolute atomic E-state index is 11.5. The maximum atomic E-state index is 11.5. The molecular formula is C14H16ClNO2S. The molecule has 0 aliphatic carbocycles. The van der Waals surface area contributed by atoms with E-state index in [-0.39, 0.29) is 23.8 Å². The van der Waals surface area contributed by atoms with E-state index >= 15 is 0 Å². The first-order chi connectivity index (χ1) is 8.91. The van der Waals surface area contributed by atoms with E-state index in [1.807, 2.05) is 19.1 Å². The third-order valence-electron chi connectivity index (χ3n) is 3.60. The number of thiocarbonyl (C=S) groups is 1. The van der Waals surface area contributed by atoms with Crippen molar-refractivity contribution in [2.75, 3.05) is 0 Å². The van der Waals surface area contributed by atoms with Crippen molar-refractivity contribution in [2.45, 2.75) is 26.0 Å². The summed E-state index contributed by atoms with van der Waals surface area (Å²) in [5.41, 5.74) is 0.928. The first-order valence-corrected chi connectivity index (χ1v) is 6.98. The first kappa shape index (κ1) is 14.4. The standard InChI is InChI=1S/C14H16ClNO2S/c1-7(12-11(8(2)17)14(18)16-12)13(19)9-3-5-10(15)6-4-9/h3-8,11-12,17H,1-2H3,(H,16,18)/t7-,8-,11-,12-/m1/s1. The Bertz CT molecular complexity index is 501. The zero-order chi connectivity index (χ0) is 14.2. The van der Waals surface area contributed by atoms with Crippen molar-refractivity contribution in [1.82, 2.24) is 5.32 Å². The normalized spacial score (nSPS) is 25.2. The largest absolute Gasteiger partial charge is 0.393 e. The van der Waals surface area contributed by atoms with Crippen LogP contribution in [0.2, 0.25) is 5.02 Å². The van der Waals surface area contributed by atoms with E-state index in [0.717, 1.165) is 10.4 Å². The van der Waals surface area contributed by atoms with Crippen LogP contribution in [0.15, 0.2) is 24.3 Å². The van der Waals surface area contributed by atoms with Crippen LogP contribution in [0.3, 0.4) is 0 Å². The SMILES string of the molecule is C[C@@H](O)[C@H]1C(=O)N[C@@H]1[C@@H](C)C(=S)c1ccc(Cl)cc1. The van der Waals surface area contributed by atoms with Crippen LogP contribution in [0.4, 0.5) is 0 Å². The first-order valence-electron chi connectivity index (χ1n) is 6.20. The number of benzene rings is 1. The highest BCUT2D eigenvalue weighted by atomic mass is 35.5. The molecule has 3 nitrogen and oxygen atoms in total. The number of aliphatic hydroxyl groups is 1. The van der Waals surface area contributed by atoms with E-state index in [0.29, 0.717) is 5.02 Å². The van der Waals surface area contributed by atoms with Crippen LogP contribution in [0.1, 0.15) is 19.4 Å². The van der Waals surface area contributed by atoms with Crippen LogP contribution in [0.25, 0.3) is 0 Å². The molecule has 0 saturated carbocycles. The molecule has 1 fully saturated rings. The van der Waals surface area contributed by atoms with E-state index in [2.05, 4.69) is 5.32 Å². The van der Waals surface area contributed by atoms with Gasteiger partial charge in [0.15, 0.2) is 0 Å². The number of β-lactam (4-membered cyclic amide) rings is 1. The molecule has 5 heteroatoms. The summed E-state index contributed by atoms with van der Waals surface area (Å²) in [5.74, 6) is -0.487. The second kappa shape index (κ2) is 5.57. The molecule has 2 rings (SSSR count). The van der Waals surface area contributed by atoms with Crippen molar-refractivity contribution in [2.24, 2.45) is 11.8 Å². The number of nitrogens with one attached hydrogen (secondary N) is 1. The Labute approximate surface area is 123 Å². The molecule has 19 heavy (non-hydrogen) atoms. The summed E-state index contributed by atoms with van der Waals surface area (Å²) in [4.78, 5) is 12.2. The van der Waals surface area contributed by atoms with E-state index in [4.69, 9.17) is 23.8 Å². The molecule has 1 aromatic rings. The molecule has 0 radical (unpaired) electrons. The number of hydrogen-bond acceptors (Lipinski definition) is 3. The molecule has 2 N–H and O–H groups in total. The van der Waals surface area contributed by atoms with E-state index < -0.39 is 6.10 Å². The van der Waals surface area contributed by atoms with Crippen molar-refractivity contribution in [3.05, 3.63) is 34.9 Å². The fraction of sp³-hybridized carbons (Fsp3) is 0.429. The summed E-state index contributed by atoms with van der Waals surface area (Å²) in [6.45, 7) is 3.60. The smallest absolute Gasteiger partial charge is 0.228 e. The summed E-state index contributed by atoms with van der Waals surface area (Å²) in [7, 11) is 0. The summed E-state index contributed by atoms with van der Waals surface area (Å²) >= 11 is 11.3. The molecule has 1 aliphatic heterocycles. The molecule has 0 spiro atoms. The van der Waals surface area contributed by atoms with Gasteiger partial charge in [-0.05, 0) is 24.6 Å². The molecule has 1 aliphatic rings. The molecule has 1 aromatic carbocycles. The van der Waals surface area contributed by atoms with Gasteiger partial charge in [-0.25, -0.2) is 0 Å². The van der Waals surface area contributed by atoms with Crippen molar-refractivity contribution < 1.29 is 9.90 Å². The molecule has 1 saturated heterocycles. The van der Waals surface area contributed by atoms with Gasteiger partial charge in [0.2, 0.25) is 5.91 Å². The van der Waals surface area contributed by atoms with Crippen LogP contribution in [0, 0.1) is 11.8 Å². The zero-order valence-corrected chi connectivity index (χ0v) is 12.3. The lowest BCUT2D eigenvalue weighted by Crippen LogP contribution is -2.65. The van der Waals surface area contributed by atoms with Gasteiger partial charge in [0.05, 0.1) is 18.1 Å². The fourth-order valence-electron chi connectivity index (χ4n) is 2.41. The van der Waals surface area contributed by atoms with Gasteiger partial charge < -0.3 is 10.4 Å². The second-order valence-electron chi connectivity index (χ2n) is 4.96.